The molecule has 4 rings (SSSR count). The number of nitrogen functional groups attached to an aromatic ring is 1. The number of aryl methyl sites for hydroxylation is 1. The normalized spacial score (nSPS) is 11.3. The lowest BCUT2D eigenvalue weighted by Crippen LogP contribution is -2.18. The molecule has 0 radical (unpaired) electrons. The Kier molecular flexibility index (Phi) is 7.92. The van der Waals surface area contributed by atoms with Crippen molar-refractivity contribution < 1.29 is 9.59 Å². The Morgan fingerprint density at radius 2 is 1.63 bits per heavy atom. The van der Waals surface area contributed by atoms with Crippen LogP contribution in [0.5, 0.6) is 0 Å². The summed E-state index contributed by atoms with van der Waals surface area (Å²) < 4.78 is 1.60. The van der Waals surface area contributed by atoms with Gasteiger partial charge in [0.05, 0.1) is 6.54 Å². The Labute approximate surface area is 221 Å². The number of ketones is 2. The Hall–Kier alpha value is -4.84. The van der Waals surface area contributed by atoms with Crippen molar-refractivity contribution in [1.82, 2.24) is 4.57 Å². The molecule has 38 heavy (non-hydrogen) atoms. The van der Waals surface area contributed by atoms with E-state index in [1.165, 1.54) is 6.07 Å². The van der Waals surface area contributed by atoms with Crippen molar-refractivity contribution in [3.63, 3.8) is 0 Å². The minimum atomic E-state index is -0.201. The highest BCUT2D eigenvalue weighted by molar-refractivity contribution is 6.13. The molecule has 0 spiro atoms. The number of nitrogens with two attached hydrogens (primary N) is 1. The van der Waals surface area contributed by atoms with Gasteiger partial charge in [0, 0.05) is 52.3 Å². The van der Waals surface area contributed by atoms with Crippen LogP contribution in [0, 0.1) is 12.3 Å². The number of nitrogens with one attached hydrogen (secondary N) is 1. The van der Waals surface area contributed by atoms with Crippen LogP contribution in [0.25, 0.3) is 0 Å². The molecular formula is C32H29N3O3. The fraction of sp³-hybridized carbons (Fsp3) is 0.125. The molecule has 0 atom stereocenters. The largest absolute Gasteiger partial charge is 0.398 e. The fourth-order valence-electron chi connectivity index (χ4n) is 4.13. The first-order valence-corrected chi connectivity index (χ1v) is 12.3. The monoisotopic (exact) mass is 503 g/mol. The standard InChI is InChI=1S/C32H29N3O3/c1-21-9-15-28(33)27(18-21)29(34)16-10-22(2)31(37)25-6-5-7-26(19-25)32(38)24-13-11-23(12-14-24)20-35-17-4-3-8-30(35)36/h3-15,17-19,34H,16,20,33H2,1-2H3. The number of carbonyl (C=O) groups excluding carboxylic acids is 2. The van der Waals surface area contributed by atoms with Crippen LogP contribution in [0.4, 0.5) is 5.69 Å². The molecule has 1 aromatic heterocycles. The third kappa shape index (κ3) is 6.10. The van der Waals surface area contributed by atoms with E-state index in [1.54, 1.807) is 78.4 Å². The number of hydrogen-bond donors (Lipinski definition) is 2. The van der Waals surface area contributed by atoms with Gasteiger partial charge < -0.3 is 15.7 Å². The van der Waals surface area contributed by atoms with E-state index in [-0.39, 0.29) is 23.5 Å². The molecule has 3 N–H and O–H groups in total. The molecule has 0 aliphatic carbocycles. The topological polar surface area (TPSA) is 106 Å². The molecule has 6 nitrogen and oxygen atoms in total. The van der Waals surface area contributed by atoms with Gasteiger partial charge in [-0.3, -0.25) is 14.4 Å². The average molecular weight is 504 g/mol. The first-order chi connectivity index (χ1) is 18.2. The van der Waals surface area contributed by atoms with E-state index in [9.17, 15) is 14.4 Å². The molecule has 0 saturated heterocycles. The third-order valence-electron chi connectivity index (χ3n) is 6.36. The number of rotatable bonds is 9. The molecule has 0 bridgehead atoms. The van der Waals surface area contributed by atoms with Crippen LogP contribution in [0.2, 0.25) is 0 Å². The lowest BCUT2D eigenvalue weighted by atomic mass is 9.96. The number of anilines is 1. The molecule has 6 heteroatoms. The van der Waals surface area contributed by atoms with E-state index < -0.39 is 0 Å². The zero-order valence-corrected chi connectivity index (χ0v) is 21.4. The molecule has 190 valence electrons. The number of benzene rings is 3. The zero-order chi connectivity index (χ0) is 27.2. The quantitative estimate of drug-likeness (QED) is 0.134. The van der Waals surface area contributed by atoms with Crippen LogP contribution < -0.4 is 11.3 Å². The predicted molar refractivity (Wildman–Crippen MR) is 151 cm³/mol. The maximum Gasteiger partial charge on any atom is 0.250 e. The van der Waals surface area contributed by atoms with Crippen LogP contribution in [0.3, 0.4) is 0 Å². The summed E-state index contributed by atoms with van der Waals surface area (Å²) in [6.07, 6.45) is 3.71. The molecule has 0 aliphatic rings. The van der Waals surface area contributed by atoms with Crippen molar-refractivity contribution in [3.8, 4) is 0 Å². The van der Waals surface area contributed by atoms with Gasteiger partial charge in [-0.2, -0.15) is 0 Å². The van der Waals surface area contributed by atoms with Crippen molar-refractivity contribution in [2.24, 2.45) is 0 Å². The predicted octanol–water partition coefficient (Wildman–Crippen LogP) is 5.61. The van der Waals surface area contributed by atoms with Crippen molar-refractivity contribution >= 4 is 23.0 Å². The van der Waals surface area contributed by atoms with Gasteiger partial charge in [0.25, 0.3) is 5.56 Å². The molecule has 0 amide bonds. The van der Waals surface area contributed by atoms with E-state index in [0.29, 0.717) is 45.8 Å². The summed E-state index contributed by atoms with van der Waals surface area (Å²) in [6.45, 7) is 4.06. The van der Waals surface area contributed by atoms with Gasteiger partial charge >= 0.3 is 0 Å². The Bertz CT molecular complexity index is 1610. The molecule has 0 aliphatic heterocycles. The van der Waals surface area contributed by atoms with Gasteiger partial charge in [-0.1, -0.05) is 66.2 Å². The summed E-state index contributed by atoms with van der Waals surface area (Å²) in [5.41, 5.74) is 11.2. The zero-order valence-electron chi connectivity index (χ0n) is 21.4. The van der Waals surface area contributed by atoms with Gasteiger partial charge in [0.15, 0.2) is 11.6 Å². The summed E-state index contributed by atoms with van der Waals surface area (Å²) in [6, 6.07) is 24.3. The van der Waals surface area contributed by atoms with E-state index in [0.717, 1.165) is 11.1 Å². The van der Waals surface area contributed by atoms with Crippen LogP contribution >= 0.6 is 0 Å². The number of Topliss-reactive ketones (excluding diaryl/α,β-unsaturated/α-hetero) is 1. The number of pyridine rings is 1. The third-order valence-corrected chi connectivity index (χ3v) is 6.36. The molecule has 3 aromatic carbocycles. The fourth-order valence-corrected chi connectivity index (χ4v) is 4.13. The number of hydrogen-bond acceptors (Lipinski definition) is 5. The van der Waals surface area contributed by atoms with Crippen molar-refractivity contribution in [1.29, 1.82) is 5.41 Å². The van der Waals surface area contributed by atoms with Crippen molar-refractivity contribution in [2.75, 3.05) is 5.73 Å². The van der Waals surface area contributed by atoms with Gasteiger partial charge in [-0.25, -0.2) is 0 Å². The van der Waals surface area contributed by atoms with Gasteiger partial charge in [0.1, 0.15) is 0 Å². The number of nitrogens with zero attached hydrogens (tertiary/aromatic N) is 1. The van der Waals surface area contributed by atoms with Gasteiger partial charge in [-0.15, -0.1) is 0 Å². The maximum atomic E-state index is 13.1. The Morgan fingerprint density at radius 3 is 2.37 bits per heavy atom. The minimum Gasteiger partial charge on any atom is -0.398 e. The SMILES string of the molecule is CC(=CCC(=N)c1cc(C)ccc1N)C(=O)c1cccc(C(=O)c2ccc(Cn3ccccc3=O)cc2)c1. The van der Waals surface area contributed by atoms with E-state index in [2.05, 4.69) is 0 Å². The summed E-state index contributed by atoms with van der Waals surface area (Å²) in [4.78, 5) is 38.1. The molecule has 4 aromatic rings. The lowest BCUT2D eigenvalue weighted by molar-refractivity contribution is 0.103. The highest BCUT2D eigenvalue weighted by Gasteiger charge is 2.14. The Balaban J connectivity index is 1.46. The maximum absolute atomic E-state index is 13.1. The van der Waals surface area contributed by atoms with Crippen LogP contribution in [-0.4, -0.2) is 21.8 Å². The number of aromatic nitrogens is 1. The second-order valence-electron chi connectivity index (χ2n) is 9.26. The first-order valence-electron chi connectivity index (χ1n) is 12.3. The molecule has 0 saturated carbocycles. The van der Waals surface area contributed by atoms with Gasteiger partial charge in [0.2, 0.25) is 0 Å². The molecule has 1 heterocycles. The van der Waals surface area contributed by atoms with Crippen molar-refractivity contribution in [2.45, 2.75) is 26.8 Å². The highest BCUT2D eigenvalue weighted by atomic mass is 16.1. The highest BCUT2D eigenvalue weighted by Crippen LogP contribution is 2.19. The molecule has 0 unspecified atom stereocenters. The second-order valence-corrected chi connectivity index (χ2v) is 9.26. The molecule has 0 fully saturated rings. The number of carbonyl (C=O) groups is 2. The van der Waals surface area contributed by atoms with Crippen LogP contribution in [0.1, 0.15) is 56.3 Å². The van der Waals surface area contributed by atoms with E-state index >= 15 is 0 Å². The van der Waals surface area contributed by atoms with Crippen LogP contribution in [0.15, 0.2) is 108 Å². The van der Waals surface area contributed by atoms with E-state index in [4.69, 9.17) is 11.1 Å². The Morgan fingerprint density at radius 1 is 0.895 bits per heavy atom. The van der Waals surface area contributed by atoms with Crippen molar-refractivity contribution in [3.05, 3.63) is 147 Å². The summed E-state index contributed by atoms with van der Waals surface area (Å²) in [5, 5.41) is 8.38. The summed E-state index contributed by atoms with van der Waals surface area (Å²) in [7, 11) is 0. The minimum absolute atomic E-state index is 0.0883. The van der Waals surface area contributed by atoms with Crippen LogP contribution in [-0.2, 0) is 6.54 Å². The van der Waals surface area contributed by atoms with E-state index in [1.807, 2.05) is 31.2 Å². The first kappa shape index (κ1) is 26.2. The summed E-state index contributed by atoms with van der Waals surface area (Å²) >= 11 is 0. The smallest absolute Gasteiger partial charge is 0.250 e. The second kappa shape index (κ2) is 11.5. The summed E-state index contributed by atoms with van der Waals surface area (Å²) in [5.74, 6) is -0.394. The molecular weight excluding hydrogens is 474 g/mol. The lowest BCUT2D eigenvalue weighted by Gasteiger charge is -2.09. The number of allylic oxidation sites excluding steroid dienone is 2. The van der Waals surface area contributed by atoms with Gasteiger partial charge in [-0.05, 0) is 49.2 Å². The average Bonchev–Trinajstić information content (AvgIpc) is 2.93.